The highest BCUT2D eigenvalue weighted by Gasteiger charge is 2.33. The van der Waals surface area contributed by atoms with Gasteiger partial charge >= 0.3 is 11.9 Å². The Kier molecular flexibility index (Phi) is 23.1. The Morgan fingerprint density at radius 3 is 1.82 bits per heavy atom. The van der Waals surface area contributed by atoms with Crippen molar-refractivity contribution < 1.29 is 52.4 Å². The van der Waals surface area contributed by atoms with Gasteiger partial charge in [-0.2, -0.15) is 5.10 Å². The predicted molar refractivity (Wildman–Crippen MR) is 304 cm³/mol. The number of esters is 2. The van der Waals surface area contributed by atoms with Crippen LogP contribution in [0.25, 0.3) is 21.3 Å². The van der Waals surface area contributed by atoms with Crippen molar-refractivity contribution in [2.24, 2.45) is 10.5 Å². The number of hydrogen-bond donors (Lipinski definition) is 0. The fourth-order valence-electron chi connectivity index (χ4n) is 8.20. The lowest BCUT2D eigenvalue weighted by Gasteiger charge is -2.37. The number of unbranched alkanes of at least 4 members (excludes halogenated alkanes) is 7. The zero-order valence-electron chi connectivity index (χ0n) is 44.5. The lowest BCUT2D eigenvalue weighted by atomic mass is 9.90. The second-order valence-corrected chi connectivity index (χ2v) is 20.2. The molecule has 412 valence electrons. The largest absolute Gasteiger partial charge is 0.494 e. The summed E-state index contributed by atoms with van der Waals surface area (Å²) < 4.78 is 47.0. The monoisotopic (exact) mass is 1080 g/mol. The molecule has 7 rings (SSSR count). The minimum absolute atomic E-state index is 0.0725. The molecule has 2 heterocycles. The van der Waals surface area contributed by atoms with Crippen LogP contribution in [-0.2, 0) is 41.8 Å². The van der Waals surface area contributed by atoms with E-state index in [1.54, 1.807) is 35.8 Å². The molecule has 1 aromatic heterocycles. The van der Waals surface area contributed by atoms with Crippen molar-refractivity contribution in [2.45, 2.75) is 84.3 Å². The van der Waals surface area contributed by atoms with E-state index >= 15 is 0 Å². The number of hydrazone groups is 1. The van der Waals surface area contributed by atoms with Crippen molar-refractivity contribution in [1.82, 2.24) is 4.98 Å². The van der Waals surface area contributed by atoms with E-state index in [1.165, 1.54) is 12.1 Å². The van der Waals surface area contributed by atoms with Gasteiger partial charge < -0.3 is 37.9 Å². The van der Waals surface area contributed by atoms with Gasteiger partial charge in [0.2, 0.25) is 5.13 Å². The number of thiazole rings is 1. The smallest absolute Gasteiger partial charge is 0.330 e. The number of aromatic nitrogens is 1. The van der Waals surface area contributed by atoms with Crippen molar-refractivity contribution >= 4 is 50.5 Å². The normalized spacial score (nSPS) is 12.6. The van der Waals surface area contributed by atoms with Crippen LogP contribution in [0.15, 0.2) is 140 Å². The topological polar surface area (TPSA) is 180 Å². The van der Waals surface area contributed by atoms with E-state index in [2.05, 4.69) is 20.1 Å². The molecule has 1 saturated heterocycles. The van der Waals surface area contributed by atoms with Crippen molar-refractivity contribution in [3.05, 3.63) is 161 Å². The summed E-state index contributed by atoms with van der Waals surface area (Å²) in [5.74, 6) is 1.57. The lowest BCUT2D eigenvalue weighted by Crippen LogP contribution is -2.43. The molecule has 0 radical (unpaired) electrons. The highest BCUT2D eigenvalue weighted by Crippen LogP contribution is 2.38. The molecule has 1 aliphatic heterocycles. The van der Waals surface area contributed by atoms with Crippen LogP contribution in [0.3, 0.4) is 0 Å². The number of nitro groups is 1. The van der Waals surface area contributed by atoms with E-state index in [0.29, 0.717) is 94.2 Å². The molecule has 0 saturated carbocycles. The van der Waals surface area contributed by atoms with Gasteiger partial charge in [0.25, 0.3) is 5.69 Å². The van der Waals surface area contributed by atoms with Crippen molar-refractivity contribution in [3.8, 4) is 34.1 Å². The Morgan fingerprint density at radius 2 is 1.26 bits per heavy atom. The molecule has 5 aromatic carbocycles. The fourth-order valence-corrected chi connectivity index (χ4v) is 9.15. The molecule has 6 aromatic rings. The summed E-state index contributed by atoms with van der Waals surface area (Å²) in [6, 6.07) is 33.7. The minimum atomic E-state index is -0.409. The molecule has 0 bridgehead atoms. The molecular weight excluding hydrogens is 1010 g/mol. The number of anilines is 1. The maximum atomic E-state index is 12.9. The number of benzene rings is 5. The summed E-state index contributed by atoms with van der Waals surface area (Å²) in [4.78, 5) is 39.8. The van der Waals surface area contributed by atoms with Gasteiger partial charge in [-0.15, -0.1) is 0 Å². The first-order valence-corrected chi connectivity index (χ1v) is 27.4. The Hall–Kier alpha value is -7.60. The van der Waals surface area contributed by atoms with E-state index in [0.717, 1.165) is 103 Å². The molecular formula is C61H70N4O12S. The summed E-state index contributed by atoms with van der Waals surface area (Å²) in [6.45, 7) is 14.6. The van der Waals surface area contributed by atoms with Crippen molar-refractivity contribution in [2.75, 3.05) is 64.4 Å². The van der Waals surface area contributed by atoms with Gasteiger partial charge in [0, 0.05) is 36.3 Å². The fraction of sp³-hybridized carbons (Fsp3) is 0.377. The summed E-state index contributed by atoms with van der Waals surface area (Å²) >= 11 is 1.54. The number of para-hydroxylation sites is 1. The number of nitro benzene ring substituents is 1. The molecule has 16 nitrogen and oxygen atoms in total. The van der Waals surface area contributed by atoms with Crippen LogP contribution in [0.4, 0.5) is 10.8 Å². The average molecular weight is 1080 g/mol. The van der Waals surface area contributed by atoms with Gasteiger partial charge in [-0.1, -0.05) is 79.9 Å². The summed E-state index contributed by atoms with van der Waals surface area (Å²) in [7, 11) is 0. The minimum Gasteiger partial charge on any atom is -0.494 e. The summed E-state index contributed by atoms with van der Waals surface area (Å²) in [5.41, 5.74) is 4.14. The van der Waals surface area contributed by atoms with E-state index in [9.17, 15) is 19.7 Å². The predicted octanol–water partition coefficient (Wildman–Crippen LogP) is 13.0. The van der Waals surface area contributed by atoms with Crippen LogP contribution in [0.5, 0.6) is 23.0 Å². The number of carbonyl (C=O) groups is 2. The highest BCUT2D eigenvalue weighted by atomic mass is 32.1. The maximum absolute atomic E-state index is 12.9. The second-order valence-electron chi connectivity index (χ2n) is 19.2. The molecule has 17 heteroatoms. The maximum Gasteiger partial charge on any atom is 0.330 e. The van der Waals surface area contributed by atoms with Crippen LogP contribution >= 0.6 is 11.3 Å². The third kappa shape index (κ3) is 18.8. The molecule has 78 heavy (non-hydrogen) atoms. The Balaban J connectivity index is 1.03. The van der Waals surface area contributed by atoms with Gasteiger partial charge in [0.05, 0.1) is 79.2 Å². The van der Waals surface area contributed by atoms with Crippen molar-refractivity contribution in [1.29, 1.82) is 0 Å². The summed E-state index contributed by atoms with van der Waals surface area (Å²) in [5, 5.41) is 20.5. The Labute approximate surface area is 460 Å². The SMILES string of the molecule is C=CC(=O)OCCCCCCOc1ccc(COc2ccc(-c3cc(/C=N/N(CCCCOCC4(C)COC4)c4nc5ccccc5s4)c(OCc4ccc(OCCCCCCOC(=O)C=C)cc4)cc3[N+](=O)[O-])cc2)cc1. The number of fused-ring (bicyclic) bond motifs is 1. The molecule has 0 aliphatic carbocycles. The Morgan fingerprint density at radius 1 is 0.705 bits per heavy atom. The van der Waals surface area contributed by atoms with Gasteiger partial charge in [-0.3, -0.25) is 10.1 Å². The van der Waals surface area contributed by atoms with E-state index in [-0.39, 0.29) is 23.5 Å². The van der Waals surface area contributed by atoms with Gasteiger partial charge in [-0.25, -0.2) is 19.6 Å². The first-order chi connectivity index (χ1) is 38.1. The second kappa shape index (κ2) is 31.0. The van der Waals surface area contributed by atoms with Crippen LogP contribution in [0.1, 0.15) is 87.8 Å². The Bertz CT molecular complexity index is 2850. The van der Waals surface area contributed by atoms with Crippen LogP contribution in [-0.4, -0.2) is 87.5 Å². The van der Waals surface area contributed by atoms with Crippen LogP contribution in [0, 0.1) is 15.5 Å². The lowest BCUT2D eigenvalue weighted by molar-refractivity contribution is -0.384. The molecule has 0 unspecified atom stereocenters. The zero-order valence-corrected chi connectivity index (χ0v) is 45.3. The molecule has 0 N–H and O–H groups in total. The number of hydrogen-bond acceptors (Lipinski definition) is 16. The average Bonchev–Trinajstić information content (AvgIpc) is 3.96. The molecule has 0 atom stereocenters. The van der Waals surface area contributed by atoms with Gasteiger partial charge in [0.15, 0.2) is 0 Å². The number of carbonyl (C=O) groups excluding carboxylic acids is 2. The molecule has 0 amide bonds. The number of rotatable bonds is 36. The van der Waals surface area contributed by atoms with Crippen molar-refractivity contribution in [3.63, 3.8) is 0 Å². The third-order valence-electron chi connectivity index (χ3n) is 12.7. The first kappa shape index (κ1) is 58.1. The van der Waals surface area contributed by atoms with Gasteiger partial charge in [0.1, 0.15) is 36.2 Å². The molecule has 0 spiro atoms. The highest BCUT2D eigenvalue weighted by molar-refractivity contribution is 7.22. The number of nitrogens with zero attached hydrogens (tertiary/aromatic N) is 4. The van der Waals surface area contributed by atoms with Gasteiger partial charge in [-0.05, 0) is 135 Å². The van der Waals surface area contributed by atoms with E-state index < -0.39 is 16.9 Å². The first-order valence-electron chi connectivity index (χ1n) is 26.6. The third-order valence-corrected chi connectivity index (χ3v) is 13.7. The zero-order chi connectivity index (χ0) is 54.8. The molecule has 1 aliphatic rings. The van der Waals surface area contributed by atoms with E-state index in [1.807, 2.05) is 89.9 Å². The van der Waals surface area contributed by atoms with Crippen LogP contribution < -0.4 is 24.0 Å². The quantitative estimate of drug-likeness (QED) is 0.00905. The van der Waals surface area contributed by atoms with E-state index in [4.69, 9.17) is 48.0 Å². The summed E-state index contributed by atoms with van der Waals surface area (Å²) in [6.07, 6.45) is 12.7. The standard InChI is InChI=1S/C61H70N4O12S/c1-4-58(66)74-36-15-8-6-13-34-72-50-26-20-46(21-27-50)41-76-52-30-24-48(25-31-52)53-38-49(40-62-64(60-63-54-18-10-11-19-57(54)78-60)32-12-17-33-70-43-61(3)44-71-45-61)56(39-55(53)65(68)69)77-42-47-22-28-51(29-23-47)73-35-14-7-9-16-37-75-59(67)5-2/h4-5,10-11,18-31,38-40H,1-2,6-9,12-17,32-37,41-45H2,3H3/b62-40+. The molecule has 1 fully saturated rings. The van der Waals surface area contributed by atoms with Crippen LogP contribution in [0.2, 0.25) is 0 Å². The number of ether oxygens (including phenoxy) is 8.